The lowest BCUT2D eigenvalue weighted by Crippen LogP contribution is -2.05. The van der Waals surface area contributed by atoms with Gasteiger partial charge in [0.05, 0.1) is 36.5 Å². The van der Waals surface area contributed by atoms with Crippen LogP contribution in [-0.4, -0.2) is 53.0 Å². The summed E-state index contributed by atoms with van der Waals surface area (Å²) in [7, 11) is 0. The molecule has 5 aromatic carbocycles. The lowest BCUT2D eigenvalue weighted by molar-refractivity contribution is 0.0516. The van der Waals surface area contributed by atoms with Crippen LogP contribution in [0.25, 0.3) is 0 Å². The number of hydrogen-bond donors (Lipinski definition) is 3. The highest BCUT2D eigenvalue weighted by Crippen LogP contribution is 2.28. The van der Waals surface area contributed by atoms with Crippen LogP contribution >= 0.6 is 0 Å². The monoisotopic (exact) mass is 724 g/mol. The number of carbonyl (C=O) groups excluding carboxylic acids is 3. The van der Waals surface area contributed by atoms with E-state index in [1.165, 1.54) is 18.2 Å². The first-order valence-electron chi connectivity index (χ1n) is 16.9. The number of rotatable bonds is 12. The fourth-order valence-electron chi connectivity index (χ4n) is 4.47. The van der Waals surface area contributed by atoms with Crippen LogP contribution in [0.1, 0.15) is 68.5 Å². The minimum absolute atomic E-state index is 0.0773. The first-order valence-corrected chi connectivity index (χ1v) is 16.9. The standard InChI is InChI=1S/C17H18O3.C16H16O4.C9H10O4/c1-3-19-17(18)15-9-10-16(13(2)11-15)20-12-14-7-5-4-6-8-14;1-2-19-16(18)13-8-9-15(14(17)10-13)20-11-12-6-4-3-5-7-12;1-2-13-9(12)6-3-4-7(10)8(11)5-6/h4-11H,3,12H2,1-2H3;3-10,17H,2,11H2,1H3;3-5,10-11H,2H2,1H3. The number of aryl methyl sites for hydroxylation is 1. The second kappa shape index (κ2) is 21.7. The van der Waals surface area contributed by atoms with Crippen molar-refractivity contribution in [2.45, 2.75) is 40.9 Å². The van der Waals surface area contributed by atoms with Crippen molar-refractivity contribution < 1.29 is 53.4 Å². The highest BCUT2D eigenvalue weighted by atomic mass is 16.5. The summed E-state index contributed by atoms with van der Waals surface area (Å²) < 4.78 is 25.8. The van der Waals surface area contributed by atoms with Crippen LogP contribution in [0.2, 0.25) is 0 Å². The van der Waals surface area contributed by atoms with Gasteiger partial charge in [-0.2, -0.15) is 0 Å². The lowest BCUT2D eigenvalue weighted by atomic mass is 10.1. The van der Waals surface area contributed by atoms with Crippen molar-refractivity contribution in [3.05, 3.63) is 149 Å². The third-order valence-corrected chi connectivity index (χ3v) is 7.12. The Morgan fingerprint density at radius 3 is 1.28 bits per heavy atom. The molecule has 0 saturated carbocycles. The number of ether oxygens (including phenoxy) is 5. The van der Waals surface area contributed by atoms with Crippen molar-refractivity contribution in [3.8, 4) is 28.7 Å². The molecule has 0 heterocycles. The van der Waals surface area contributed by atoms with E-state index in [4.69, 9.17) is 33.9 Å². The van der Waals surface area contributed by atoms with Gasteiger partial charge in [-0.1, -0.05) is 60.7 Å². The summed E-state index contributed by atoms with van der Waals surface area (Å²) in [5.74, 6) is -0.825. The van der Waals surface area contributed by atoms with E-state index in [0.717, 1.165) is 28.5 Å². The third-order valence-electron chi connectivity index (χ3n) is 7.12. The van der Waals surface area contributed by atoms with Crippen molar-refractivity contribution >= 4 is 17.9 Å². The molecule has 0 spiro atoms. The number of hydrogen-bond acceptors (Lipinski definition) is 11. The molecule has 0 saturated heterocycles. The molecular weight excluding hydrogens is 680 g/mol. The van der Waals surface area contributed by atoms with Crippen LogP contribution in [0.15, 0.2) is 115 Å². The molecular formula is C42H44O11. The quantitative estimate of drug-likeness (QED) is 0.0647. The van der Waals surface area contributed by atoms with E-state index in [-0.39, 0.29) is 35.4 Å². The minimum atomic E-state index is -0.516. The molecule has 11 heteroatoms. The van der Waals surface area contributed by atoms with Crippen molar-refractivity contribution in [2.75, 3.05) is 19.8 Å². The predicted molar refractivity (Wildman–Crippen MR) is 198 cm³/mol. The maximum Gasteiger partial charge on any atom is 0.338 e. The fraction of sp³-hybridized carbons (Fsp3) is 0.214. The number of aromatic hydroxyl groups is 3. The van der Waals surface area contributed by atoms with Crippen molar-refractivity contribution in [1.82, 2.24) is 0 Å². The Balaban J connectivity index is 0.000000220. The Kier molecular flexibility index (Phi) is 16.7. The van der Waals surface area contributed by atoms with Crippen molar-refractivity contribution in [3.63, 3.8) is 0 Å². The van der Waals surface area contributed by atoms with Crippen LogP contribution in [0.5, 0.6) is 28.7 Å². The molecule has 278 valence electrons. The molecule has 0 atom stereocenters. The minimum Gasteiger partial charge on any atom is -0.504 e. The van der Waals surface area contributed by atoms with Gasteiger partial charge in [0, 0.05) is 0 Å². The maximum atomic E-state index is 11.6. The van der Waals surface area contributed by atoms with Crippen LogP contribution in [0.3, 0.4) is 0 Å². The topological polar surface area (TPSA) is 158 Å². The molecule has 0 radical (unpaired) electrons. The third kappa shape index (κ3) is 13.6. The Morgan fingerprint density at radius 2 is 0.868 bits per heavy atom. The van der Waals surface area contributed by atoms with E-state index in [1.807, 2.05) is 73.7 Å². The van der Waals surface area contributed by atoms with Crippen LogP contribution in [0, 0.1) is 6.92 Å². The number of phenols is 3. The first kappa shape index (κ1) is 40.9. The van der Waals surface area contributed by atoms with E-state index in [2.05, 4.69) is 0 Å². The predicted octanol–water partition coefficient (Wildman–Crippen LogP) is 8.17. The Labute approximate surface area is 308 Å². The van der Waals surface area contributed by atoms with Gasteiger partial charge < -0.3 is 39.0 Å². The Hall–Kier alpha value is -6.49. The van der Waals surface area contributed by atoms with Crippen molar-refractivity contribution in [1.29, 1.82) is 0 Å². The zero-order chi connectivity index (χ0) is 38.6. The Bertz CT molecular complexity index is 1800. The van der Waals surface area contributed by atoms with E-state index in [1.54, 1.807) is 45.0 Å². The molecule has 0 aromatic heterocycles. The zero-order valence-corrected chi connectivity index (χ0v) is 30.1. The van der Waals surface area contributed by atoms with Gasteiger partial charge in [-0.05, 0) is 99.0 Å². The van der Waals surface area contributed by atoms with Crippen LogP contribution in [-0.2, 0) is 27.4 Å². The zero-order valence-electron chi connectivity index (χ0n) is 30.1. The number of phenolic OH excluding ortho intramolecular Hbond substituents is 3. The summed E-state index contributed by atoms with van der Waals surface area (Å²) in [6, 6.07) is 33.2. The molecule has 0 aliphatic rings. The molecule has 0 unspecified atom stereocenters. The average molecular weight is 725 g/mol. The molecule has 0 fully saturated rings. The molecule has 5 aromatic rings. The second-order valence-corrected chi connectivity index (χ2v) is 11.1. The summed E-state index contributed by atoms with van der Waals surface area (Å²) in [5.41, 5.74) is 4.11. The van der Waals surface area contributed by atoms with Gasteiger partial charge >= 0.3 is 17.9 Å². The van der Waals surface area contributed by atoms with Gasteiger partial charge in [0.2, 0.25) is 0 Å². The normalized spacial score (nSPS) is 9.96. The smallest absolute Gasteiger partial charge is 0.338 e. The van der Waals surface area contributed by atoms with E-state index >= 15 is 0 Å². The van der Waals surface area contributed by atoms with Gasteiger partial charge in [-0.3, -0.25) is 0 Å². The highest BCUT2D eigenvalue weighted by molar-refractivity contribution is 5.91. The first-order chi connectivity index (χ1) is 25.6. The Morgan fingerprint density at radius 1 is 0.472 bits per heavy atom. The van der Waals surface area contributed by atoms with Crippen LogP contribution < -0.4 is 9.47 Å². The summed E-state index contributed by atoms with van der Waals surface area (Å²) in [6.07, 6.45) is 0. The van der Waals surface area contributed by atoms with E-state index in [0.29, 0.717) is 43.3 Å². The summed E-state index contributed by atoms with van der Waals surface area (Å²) in [6.45, 7) is 8.96. The molecule has 11 nitrogen and oxygen atoms in total. The second-order valence-electron chi connectivity index (χ2n) is 11.1. The van der Waals surface area contributed by atoms with Gasteiger partial charge in [0.25, 0.3) is 0 Å². The number of benzene rings is 5. The number of esters is 3. The SMILES string of the molecule is CCOC(=O)c1ccc(O)c(O)c1.CCOC(=O)c1ccc(OCc2ccccc2)c(C)c1.CCOC(=O)c1ccc(OCc2ccccc2)c(O)c1. The van der Waals surface area contributed by atoms with Gasteiger partial charge in [0.15, 0.2) is 23.0 Å². The molecule has 0 bridgehead atoms. The molecule has 0 amide bonds. The largest absolute Gasteiger partial charge is 0.504 e. The molecule has 0 aliphatic heterocycles. The summed E-state index contributed by atoms with van der Waals surface area (Å²) in [4.78, 5) is 34.2. The van der Waals surface area contributed by atoms with E-state index < -0.39 is 11.9 Å². The molecule has 0 aliphatic carbocycles. The van der Waals surface area contributed by atoms with Crippen molar-refractivity contribution in [2.24, 2.45) is 0 Å². The highest BCUT2D eigenvalue weighted by Gasteiger charge is 2.12. The van der Waals surface area contributed by atoms with Gasteiger partial charge in [0.1, 0.15) is 19.0 Å². The lowest BCUT2D eigenvalue weighted by Gasteiger charge is -2.10. The molecule has 3 N–H and O–H groups in total. The summed E-state index contributed by atoms with van der Waals surface area (Å²) in [5, 5.41) is 27.9. The van der Waals surface area contributed by atoms with E-state index in [9.17, 15) is 19.5 Å². The van der Waals surface area contributed by atoms with Crippen LogP contribution in [0.4, 0.5) is 0 Å². The van der Waals surface area contributed by atoms with Gasteiger partial charge in [-0.15, -0.1) is 0 Å². The summed E-state index contributed by atoms with van der Waals surface area (Å²) >= 11 is 0. The number of carbonyl (C=O) groups is 3. The molecule has 53 heavy (non-hydrogen) atoms. The average Bonchev–Trinajstić information content (AvgIpc) is 3.16. The van der Waals surface area contributed by atoms with Gasteiger partial charge in [-0.25, -0.2) is 14.4 Å². The maximum absolute atomic E-state index is 11.6. The molecule has 5 rings (SSSR count). The fourth-order valence-corrected chi connectivity index (χ4v) is 4.47.